The summed E-state index contributed by atoms with van der Waals surface area (Å²) in [6, 6.07) is 5.26. The molecule has 0 aliphatic heterocycles. The molecule has 1 amide bonds. The maximum absolute atomic E-state index is 11.6. The SMILES string of the molecule is O=C(Nc1ccc(=O)[nH]n1)c1ccc(=O)[nH]c1. The van der Waals surface area contributed by atoms with Crippen LogP contribution in [0.3, 0.4) is 0 Å². The van der Waals surface area contributed by atoms with Gasteiger partial charge in [0, 0.05) is 18.3 Å². The second-order valence-electron chi connectivity index (χ2n) is 3.20. The third-order valence-corrected chi connectivity index (χ3v) is 1.97. The number of aromatic amines is 2. The summed E-state index contributed by atoms with van der Waals surface area (Å²) in [6.07, 6.45) is 1.29. The number of hydrogen-bond acceptors (Lipinski definition) is 4. The molecular weight excluding hydrogens is 224 g/mol. The van der Waals surface area contributed by atoms with E-state index in [2.05, 4.69) is 20.5 Å². The topological polar surface area (TPSA) is 108 Å². The Morgan fingerprint density at radius 1 is 1.12 bits per heavy atom. The van der Waals surface area contributed by atoms with Gasteiger partial charge < -0.3 is 10.3 Å². The van der Waals surface area contributed by atoms with Crippen LogP contribution in [-0.4, -0.2) is 21.1 Å². The lowest BCUT2D eigenvalue weighted by Crippen LogP contribution is -2.17. The third-order valence-electron chi connectivity index (χ3n) is 1.97. The maximum Gasteiger partial charge on any atom is 0.264 e. The third kappa shape index (κ3) is 2.65. The molecule has 0 aliphatic rings. The molecule has 0 aliphatic carbocycles. The molecule has 86 valence electrons. The van der Waals surface area contributed by atoms with Crippen molar-refractivity contribution in [2.24, 2.45) is 0 Å². The standard InChI is InChI=1S/C10H8N4O3/c15-8-3-1-6(5-11-8)10(17)12-7-2-4-9(16)14-13-7/h1-5H,(H,11,15)(H,14,16)(H,12,13,17). The predicted molar refractivity (Wildman–Crippen MR) is 59.9 cm³/mol. The number of hydrogen-bond donors (Lipinski definition) is 3. The number of nitrogens with zero attached hydrogens (tertiary/aromatic N) is 1. The number of nitrogens with one attached hydrogen (secondary N) is 3. The Hall–Kier alpha value is -2.70. The molecule has 0 spiro atoms. The summed E-state index contributed by atoms with van der Waals surface area (Å²) in [6.45, 7) is 0. The van der Waals surface area contributed by atoms with Crippen molar-refractivity contribution in [2.45, 2.75) is 0 Å². The summed E-state index contributed by atoms with van der Waals surface area (Å²) in [5.74, 6) is -0.207. The summed E-state index contributed by atoms with van der Waals surface area (Å²) < 4.78 is 0. The van der Waals surface area contributed by atoms with Crippen LogP contribution in [0.15, 0.2) is 40.1 Å². The fourth-order valence-corrected chi connectivity index (χ4v) is 1.15. The van der Waals surface area contributed by atoms with Crippen molar-refractivity contribution in [1.82, 2.24) is 15.2 Å². The van der Waals surface area contributed by atoms with E-state index in [0.717, 1.165) is 0 Å². The van der Waals surface area contributed by atoms with E-state index in [1.54, 1.807) is 0 Å². The van der Waals surface area contributed by atoms with Crippen LogP contribution in [0.4, 0.5) is 5.82 Å². The molecule has 0 atom stereocenters. The first-order chi connectivity index (χ1) is 8.15. The van der Waals surface area contributed by atoms with Gasteiger partial charge in [0.25, 0.3) is 11.5 Å². The average Bonchev–Trinajstić information content (AvgIpc) is 2.33. The Bertz CT molecular complexity index is 618. The van der Waals surface area contributed by atoms with Crippen LogP contribution in [0.1, 0.15) is 10.4 Å². The van der Waals surface area contributed by atoms with Gasteiger partial charge in [-0.15, -0.1) is 0 Å². The summed E-state index contributed by atoms with van der Waals surface area (Å²) in [4.78, 5) is 35.6. The van der Waals surface area contributed by atoms with Crippen molar-refractivity contribution in [3.63, 3.8) is 0 Å². The van der Waals surface area contributed by atoms with Gasteiger partial charge in [0.15, 0.2) is 5.82 Å². The highest BCUT2D eigenvalue weighted by Gasteiger charge is 2.06. The maximum atomic E-state index is 11.6. The largest absolute Gasteiger partial charge is 0.328 e. The number of carbonyl (C=O) groups excluding carboxylic acids is 1. The van der Waals surface area contributed by atoms with Gasteiger partial charge in [0.05, 0.1) is 5.56 Å². The number of carbonyl (C=O) groups is 1. The smallest absolute Gasteiger partial charge is 0.264 e. The van der Waals surface area contributed by atoms with Crippen LogP contribution in [0, 0.1) is 0 Å². The molecule has 17 heavy (non-hydrogen) atoms. The van der Waals surface area contributed by atoms with Crippen LogP contribution in [0.2, 0.25) is 0 Å². The molecular formula is C10H8N4O3. The minimum atomic E-state index is -0.430. The predicted octanol–water partition coefficient (Wildman–Crippen LogP) is -0.290. The van der Waals surface area contributed by atoms with E-state index in [4.69, 9.17) is 0 Å². The second-order valence-corrected chi connectivity index (χ2v) is 3.20. The molecule has 0 saturated heterocycles. The number of aromatic nitrogens is 3. The zero-order chi connectivity index (χ0) is 12.3. The molecule has 2 aromatic heterocycles. The molecule has 0 radical (unpaired) electrons. The van der Waals surface area contributed by atoms with Crippen molar-refractivity contribution in [3.05, 3.63) is 56.7 Å². The van der Waals surface area contributed by atoms with Crippen LogP contribution in [0.25, 0.3) is 0 Å². The van der Waals surface area contributed by atoms with E-state index < -0.39 is 5.91 Å². The Balaban J connectivity index is 2.16. The highest BCUT2D eigenvalue weighted by Crippen LogP contribution is 2.01. The van der Waals surface area contributed by atoms with Crippen LogP contribution in [0.5, 0.6) is 0 Å². The number of rotatable bonds is 2. The Morgan fingerprint density at radius 2 is 1.88 bits per heavy atom. The van der Waals surface area contributed by atoms with E-state index in [1.165, 1.54) is 30.5 Å². The van der Waals surface area contributed by atoms with Gasteiger partial charge in [0.1, 0.15) is 0 Å². The molecule has 0 bridgehead atoms. The second kappa shape index (κ2) is 4.44. The lowest BCUT2D eigenvalue weighted by atomic mass is 10.3. The van der Waals surface area contributed by atoms with Crippen molar-refractivity contribution in [1.29, 1.82) is 0 Å². The minimum absolute atomic E-state index is 0.223. The van der Waals surface area contributed by atoms with E-state index in [-0.39, 0.29) is 22.5 Å². The van der Waals surface area contributed by atoms with Crippen molar-refractivity contribution in [2.75, 3.05) is 5.32 Å². The first kappa shape index (κ1) is 10.8. The summed E-state index contributed by atoms with van der Waals surface area (Å²) in [7, 11) is 0. The van der Waals surface area contributed by atoms with Gasteiger partial charge in [-0.3, -0.25) is 14.4 Å². The van der Waals surface area contributed by atoms with Crippen LogP contribution < -0.4 is 16.4 Å². The highest BCUT2D eigenvalue weighted by atomic mass is 16.2. The van der Waals surface area contributed by atoms with Gasteiger partial charge in [-0.1, -0.05) is 0 Å². The molecule has 2 heterocycles. The van der Waals surface area contributed by atoms with E-state index >= 15 is 0 Å². The monoisotopic (exact) mass is 232 g/mol. The van der Waals surface area contributed by atoms with Gasteiger partial charge in [-0.05, 0) is 12.1 Å². The molecule has 0 saturated carbocycles. The first-order valence-electron chi connectivity index (χ1n) is 4.71. The summed E-state index contributed by atoms with van der Waals surface area (Å²) in [5.41, 5.74) is -0.353. The first-order valence-corrected chi connectivity index (χ1v) is 4.71. The van der Waals surface area contributed by atoms with Crippen molar-refractivity contribution >= 4 is 11.7 Å². The molecule has 0 aromatic carbocycles. The zero-order valence-corrected chi connectivity index (χ0v) is 8.56. The Kier molecular flexibility index (Phi) is 2.82. The number of anilines is 1. The quantitative estimate of drug-likeness (QED) is 0.661. The van der Waals surface area contributed by atoms with Crippen molar-refractivity contribution in [3.8, 4) is 0 Å². The normalized spacial score (nSPS) is 9.88. The molecule has 7 nitrogen and oxygen atoms in total. The number of H-pyrrole nitrogens is 2. The van der Waals surface area contributed by atoms with Crippen molar-refractivity contribution < 1.29 is 4.79 Å². The lowest BCUT2D eigenvalue weighted by molar-refractivity contribution is 0.102. The summed E-state index contributed by atoms with van der Waals surface area (Å²) >= 11 is 0. The van der Waals surface area contributed by atoms with Gasteiger partial charge in [-0.2, -0.15) is 5.10 Å². The molecule has 0 unspecified atom stereocenters. The van der Waals surface area contributed by atoms with Gasteiger partial charge in [0.2, 0.25) is 5.56 Å². The Labute approximate surface area is 94.5 Å². The summed E-state index contributed by atoms with van der Waals surface area (Å²) in [5, 5.41) is 8.27. The molecule has 0 fully saturated rings. The van der Waals surface area contributed by atoms with Crippen LogP contribution >= 0.6 is 0 Å². The van der Waals surface area contributed by atoms with E-state index in [0.29, 0.717) is 0 Å². The van der Waals surface area contributed by atoms with Gasteiger partial charge in [-0.25, -0.2) is 5.10 Å². The van der Waals surface area contributed by atoms with Crippen LogP contribution in [-0.2, 0) is 0 Å². The van der Waals surface area contributed by atoms with Gasteiger partial charge >= 0.3 is 0 Å². The lowest BCUT2D eigenvalue weighted by Gasteiger charge is -2.02. The average molecular weight is 232 g/mol. The number of amides is 1. The zero-order valence-electron chi connectivity index (χ0n) is 8.56. The number of pyridine rings is 1. The highest BCUT2D eigenvalue weighted by molar-refractivity contribution is 6.03. The fraction of sp³-hybridized carbons (Fsp3) is 0. The van der Waals surface area contributed by atoms with E-state index in [9.17, 15) is 14.4 Å². The minimum Gasteiger partial charge on any atom is -0.328 e. The molecule has 7 heteroatoms. The fourth-order valence-electron chi connectivity index (χ4n) is 1.15. The molecule has 3 N–H and O–H groups in total. The Morgan fingerprint density at radius 3 is 2.47 bits per heavy atom. The molecule has 2 aromatic rings. The van der Waals surface area contributed by atoms with E-state index in [1.807, 2.05) is 0 Å². The molecule has 2 rings (SSSR count).